The Kier molecular flexibility index (Phi) is 5.22. The first-order chi connectivity index (χ1) is 10.2. The summed E-state index contributed by atoms with van der Waals surface area (Å²) in [4.78, 5) is 18.5. The molecule has 8 heteroatoms. The van der Waals surface area contributed by atoms with Gasteiger partial charge in [-0.2, -0.15) is 15.0 Å². The van der Waals surface area contributed by atoms with E-state index in [4.69, 9.17) is 10.6 Å². The van der Waals surface area contributed by atoms with Crippen LogP contribution < -0.4 is 20.9 Å². The molecule has 0 atom stereocenters. The van der Waals surface area contributed by atoms with Crippen molar-refractivity contribution in [3.63, 3.8) is 0 Å². The van der Waals surface area contributed by atoms with Gasteiger partial charge in [-0.15, -0.1) is 0 Å². The Morgan fingerprint density at radius 1 is 1.33 bits per heavy atom. The molecule has 0 unspecified atom stereocenters. The molecule has 2 rings (SSSR count). The van der Waals surface area contributed by atoms with E-state index in [1.54, 1.807) is 12.4 Å². The summed E-state index contributed by atoms with van der Waals surface area (Å²) < 4.78 is 5.44. The lowest BCUT2D eigenvalue weighted by Crippen LogP contribution is -2.22. The van der Waals surface area contributed by atoms with Crippen molar-refractivity contribution >= 4 is 11.9 Å². The predicted molar refractivity (Wildman–Crippen MR) is 79.8 cm³/mol. The second-order valence-electron chi connectivity index (χ2n) is 4.45. The van der Waals surface area contributed by atoms with Crippen LogP contribution in [0.3, 0.4) is 0 Å². The molecule has 0 amide bonds. The van der Waals surface area contributed by atoms with Gasteiger partial charge in [0.05, 0.1) is 6.61 Å². The summed E-state index contributed by atoms with van der Waals surface area (Å²) in [7, 11) is 1.88. The maximum atomic E-state index is 5.44. The van der Waals surface area contributed by atoms with Crippen LogP contribution in [0, 0.1) is 0 Å². The Morgan fingerprint density at radius 2 is 2.19 bits per heavy atom. The second kappa shape index (κ2) is 7.34. The van der Waals surface area contributed by atoms with E-state index in [1.807, 2.05) is 31.0 Å². The maximum Gasteiger partial charge on any atom is 0.323 e. The van der Waals surface area contributed by atoms with E-state index in [0.717, 1.165) is 12.0 Å². The molecule has 2 aromatic heterocycles. The number of anilines is 2. The van der Waals surface area contributed by atoms with Gasteiger partial charge >= 0.3 is 6.01 Å². The fourth-order valence-electron chi connectivity index (χ4n) is 1.68. The molecule has 21 heavy (non-hydrogen) atoms. The largest absolute Gasteiger partial charge is 0.463 e. The lowest BCUT2D eigenvalue weighted by Gasteiger charge is -2.17. The van der Waals surface area contributed by atoms with Gasteiger partial charge in [0.1, 0.15) is 0 Å². The van der Waals surface area contributed by atoms with Crippen LogP contribution in [0.2, 0.25) is 0 Å². The third-order valence-corrected chi connectivity index (χ3v) is 2.65. The summed E-state index contributed by atoms with van der Waals surface area (Å²) in [5.41, 5.74) is 3.48. The van der Waals surface area contributed by atoms with Crippen LogP contribution in [0.5, 0.6) is 6.01 Å². The monoisotopic (exact) mass is 289 g/mol. The molecule has 0 spiro atoms. The van der Waals surface area contributed by atoms with Gasteiger partial charge in [0.25, 0.3) is 0 Å². The first kappa shape index (κ1) is 14.9. The summed E-state index contributed by atoms with van der Waals surface area (Å²) in [6.07, 6.45) is 4.41. The van der Waals surface area contributed by atoms with Gasteiger partial charge in [-0.05, 0) is 18.1 Å². The highest BCUT2D eigenvalue weighted by Gasteiger charge is 2.11. The Labute approximate surface area is 123 Å². The van der Waals surface area contributed by atoms with Crippen molar-refractivity contribution in [2.45, 2.75) is 19.9 Å². The Morgan fingerprint density at radius 3 is 2.86 bits per heavy atom. The van der Waals surface area contributed by atoms with Crippen LogP contribution >= 0.6 is 0 Å². The predicted octanol–water partition coefficient (Wildman–Crippen LogP) is 0.977. The molecule has 0 aliphatic rings. The number of nitrogens with zero attached hydrogens (tertiary/aromatic N) is 5. The summed E-state index contributed by atoms with van der Waals surface area (Å²) in [6.45, 7) is 3.17. The van der Waals surface area contributed by atoms with Crippen LogP contribution in [0.15, 0.2) is 24.5 Å². The van der Waals surface area contributed by atoms with Crippen molar-refractivity contribution in [3.8, 4) is 6.01 Å². The molecule has 0 fully saturated rings. The van der Waals surface area contributed by atoms with Gasteiger partial charge in [-0.1, -0.05) is 13.0 Å². The van der Waals surface area contributed by atoms with E-state index >= 15 is 0 Å². The molecule has 112 valence electrons. The first-order valence-electron chi connectivity index (χ1n) is 6.68. The van der Waals surface area contributed by atoms with Gasteiger partial charge in [0.15, 0.2) is 0 Å². The van der Waals surface area contributed by atoms with Gasteiger partial charge in [0, 0.05) is 26.0 Å². The highest BCUT2D eigenvalue weighted by atomic mass is 16.5. The molecular weight excluding hydrogens is 270 g/mol. The van der Waals surface area contributed by atoms with Crippen LogP contribution in [-0.2, 0) is 6.54 Å². The summed E-state index contributed by atoms with van der Waals surface area (Å²) >= 11 is 0. The molecule has 0 radical (unpaired) electrons. The average molecular weight is 289 g/mol. The Balaban J connectivity index is 2.16. The number of hydrogen-bond donors (Lipinski definition) is 2. The highest BCUT2D eigenvalue weighted by molar-refractivity contribution is 5.37. The van der Waals surface area contributed by atoms with Gasteiger partial charge in [-0.25, -0.2) is 5.84 Å². The molecule has 0 aromatic carbocycles. The minimum Gasteiger partial charge on any atom is -0.463 e. The van der Waals surface area contributed by atoms with E-state index < -0.39 is 0 Å². The molecule has 0 aliphatic carbocycles. The molecule has 3 N–H and O–H groups in total. The van der Waals surface area contributed by atoms with Crippen molar-refractivity contribution in [1.82, 2.24) is 19.9 Å². The number of nitrogens with one attached hydrogen (secondary N) is 1. The number of ether oxygens (including phenoxy) is 1. The van der Waals surface area contributed by atoms with Gasteiger partial charge < -0.3 is 9.64 Å². The van der Waals surface area contributed by atoms with Crippen LogP contribution in [0.4, 0.5) is 11.9 Å². The number of aromatic nitrogens is 4. The number of hydrogen-bond acceptors (Lipinski definition) is 8. The number of nitrogen functional groups attached to an aromatic ring is 1. The molecule has 0 saturated carbocycles. The number of pyridine rings is 1. The first-order valence-corrected chi connectivity index (χ1v) is 6.68. The van der Waals surface area contributed by atoms with Crippen molar-refractivity contribution < 1.29 is 4.74 Å². The number of hydrazine groups is 1. The quantitative estimate of drug-likeness (QED) is 0.574. The van der Waals surface area contributed by atoms with E-state index in [1.165, 1.54) is 0 Å². The van der Waals surface area contributed by atoms with Gasteiger partial charge in [0.2, 0.25) is 11.9 Å². The summed E-state index contributed by atoms with van der Waals surface area (Å²) in [5.74, 6) is 6.13. The maximum absolute atomic E-state index is 5.44. The fraction of sp³-hybridized carbons (Fsp3) is 0.385. The molecule has 0 aliphatic heterocycles. The average Bonchev–Trinajstić information content (AvgIpc) is 2.53. The minimum atomic E-state index is 0.257. The molecular formula is C13H19N7O. The van der Waals surface area contributed by atoms with Crippen LogP contribution in [0.1, 0.15) is 18.9 Å². The second-order valence-corrected chi connectivity index (χ2v) is 4.45. The van der Waals surface area contributed by atoms with Crippen molar-refractivity contribution in [1.29, 1.82) is 0 Å². The third-order valence-electron chi connectivity index (χ3n) is 2.65. The zero-order chi connectivity index (χ0) is 15.1. The van der Waals surface area contributed by atoms with Crippen LogP contribution in [-0.4, -0.2) is 33.6 Å². The van der Waals surface area contributed by atoms with E-state index in [2.05, 4.69) is 25.4 Å². The van der Waals surface area contributed by atoms with Crippen molar-refractivity contribution in [2.24, 2.45) is 5.84 Å². The van der Waals surface area contributed by atoms with Crippen molar-refractivity contribution in [3.05, 3.63) is 30.1 Å². The molecule has 2 heterocycles. The lowest BCUT2D eigenvalue weighted by molar-refractivity contribution is 0.292. The van der Waals surface area contributed by atoms with Crippen molar-refractivity contribution in [2.75, 3.05) is 24.0 Å². The fourth-order valence-corrected chi connectivity index (χ4v) is 1.68. The SMILES string of the molecule is CCCOc1nc(NN)nc(N(C)Cc2cccnc2)n1. The van der Waals surface area contributed by atoms with E-state index in [0.29, 0.717) is 19.1 Å². The normalized spacial score (nSPS) is 10.2. The lowest BCUT2D eigenvalue weighted by atomic mass is 10.3. The zero-order valence-corrected chi connectivity index (χ0v) is 12.2. The number of rotatable bonds is 7. The smallest absolute Gasteiger partial charge is 0.323 e. The number of nitrogens with two attached hydrogens (primary N) is 1. The molecule has 0 saturated heterocycles. The molecule has 8 nitrogen and oxygen atoms in total. The third kappa shape index (κ3) is 4.25. The molecule has 0 bridgehead atoms. The highest BCUT2D eigenvalue weighted by Crippen LogP contribution is 2.15. The van der Waals surface area contributed by atoms with Gasteiger partial charge in [-0.3, -0.25) is 10.4 Å². The van der Waals surface area contributed by atoms with Crippen LogP contribution in [0.25, 0.3) is 0 Å². The van der Waals surface area contributed by atoms with E-state index in [-0.39, 0.29) is 12.0 Å². The summed E-state index contributed by atoms with van der Waals surface area (Å²) in [5, 5.41) is 0. The zero-order valence-electron chi connectivity index (χ0n) is 12.2. The Bertz CT molecular complexity index is 564. The minimum absolute atomic E-state index is 0.257. The van der Waals surface area contributed by atoms with E-state index in [9.17, 15) is 0 Å². The standard InChI is InChI=1S/C13H19N7O/c1-3-7-21-13-17-11(19-14)16-12(18-13)20(2)9-10-5-4-6-15-8-10/h4-6,8H,3,7,9,14H2,1-2H3,(H,16,17,18,19). The summed E-state index contributed by atoms with van der Waals surface area (Å²) in [6, 6.07) is 4.13. The topological polar surface area (TPSA) is 102 Å². The molecule has 2 aromatic rings. The Hall–Kier alpha value is -2.48.